The molecule has 5 heteroatoms. The van der Waals surface area contributed by atoms with Crippen molar-refractivity contribution in [2.24, 2.45) is 5.92 Å². The highest BCUT2D eigenvalue weighted by Gasteiger charge is 2.15. The van der Waals surface area contributed by atoms with Crippen LogP contribution in [0.3, 0.4) is 0 Å². The Labute approximate surface area is 159 Å². The van der Waals surface area contributed by atoms with E-state index in [0.29, 0.717) is 41.1 Å². The molecule has 2 aromatic carbocycles. The maximum Gasteiger partial charge on any atom is 0.231 e. The number of carbonyl (C=O) groups is 1. The maximum atomic E-state index is 12.4. The average molecular weight is 368 g/mol. The molecule has 0 bridgehead atoms. The van der Waals surface area contributed by atoms with Crippen molar-refractivity contribution in [1.29, 1.82) is 0 Å². The quantitative estimate of drug-likeness (QED) is 0.497. The van der Waals surface area contributed by atoms with Crippen LogP contribution < -0.4 is 18.9 Å². The van der Waals surface area contributed by atoms with Crippen molar-refractivity contribution in [3.05, 3.63) is 53.6 Å². The van der Waals surface area contributed by atoms with Gasteiger partial charge in [0.05, 0.1) is 13.7 Å². The minimum absolute atomic E-state index is 0.107. The van der Waals surface area contributed by atoms with Crippen molar-refractivity contribution in [1.82, 2.24) is 0 Å². The fourth-order valence-corrected chi connectivity index (χ4v) is 2.63. The molecule has 0 saturated carbocycles. The first-order valence-corrected chi connectivity index (χ1v) is 8.99. The van der Waals surface area contributed by atoms with Gasteiger partial charge in [-0.25, -0.2) is 0 Å². The van der Waals surface area contributed by atoms with Gasteiger partial charge in [-0.2, -0.15) is 0 Å². The molecule has 27 heavy (non-hydrogen) atoms. The molecule has 0 saturated heterocycles. The Morgan fingerprint density at radius 3 is 2.70 bits per heavy atom. The van der Waals surface area contributed by atoms with Gasteiger partial charge < -0.3 is 18.9 Å². The average Bonchev–Trinajstić information content (AvgIpc) is 3.14. The van der Waals surface area contributed by atoms with Gasteiger partial charge in [-0.3, -0.25) is 4.79 Å². The summed E-state index contributed by atoms with van der Waals surface area (Å²) in [7, 11) is 1.61. The summed E-state index contributed by atoms with van der Waals surface area (Å²) in [6, 6.07) is 10.8. The molecule has 0 unspecified atom stereocenters. The second kappa shape index (κ2) is 8.62. The molecule has 0 amide bonds. The van der Waals surface area contributed by atoms with E-state index in [1.54, 1.807) is 31.4 Å². The van der Waals surface area contributed by atoms with Gasteiger partial charge in [-0.05, 0) is 54.3 Å². The lowest BCUT2D eigenvalue weighted by Crippen LogP contribution is -2.02. The molecule has 0 radical (unpaired) electrons. The molecule has 0 aliphatic carbocycles. The molecule has 1 aliphatic heterocycles. The smallest absolute Gasteiger partial charge is 0.231 e. The summed E-state index contributed by atoms with van der Waals surface area (Å²) in [6.07, 6.45) is 4.27. The first-order chi connectivity index (χ1) is 13.1. The molecule has 1 heterocycles. The number of ether oxygens (including phenoxy) is 4. The highest BCUT2D eigenvalue weighted by molar-refractivity contribution is 6.07. The van der Waals surface area contributed by atoms with Crippen molar-refractivity contribution < 1.29 is 23.7 Å². The van der Waals surface area contributed by atoms with E-state index in [2.05, 4.69) is 13.8 Å². The zero-order valence-electron chi connectivity index (χ0n) is 15.9. The number of hydrogen-bond donors (Lipinski definition) is 0. The number of ketones is 1. The van der Waals surface area contributed by atoms with Crippen LogP contribution in [-0.2, 0) is 0 Å². The predicted octanol–water partition coefficient (Wildman–Crippen LogP) is 4.74. The highest BCUT2D eigenvalue weighted by atomic mass is 16.7. The van der Waals surface area contributed by atoms with Crippen molar-refractivity contribution >= 4 is 11.9 Å². The van der Waals surface area contributed by atoms with Crippen molar-refractivity contribution in [3.63, 3.8) is 0 Å². The van der Waals surface area contributed by atoms with Gasteiger partial charge in [0.15, 0.2) is 28.8 Å². The van der Waals surface area contributed by atoms with Crippen molar-refractivity contribution in [3.8, 4) is 23.0 Å². The van der Waals surface area contributed by atoms with E-state index in [1.165, 1.54) is 6.08 Å². The Morgan fingerprint density at radius 2 is 1.93 bits per heavy atom. The Balaban J connectivity index is 1.68. The summed E-state index contributed by atoms with van der Waals surface area (Å²) in [5.41, 5.74) is 1.41. The molecular formula is C22H24O5. The Bertz CT molecular complexity index is 839. The van der Waals surface area contributed by atoms with Gasteiger partial charge in [0, 0.05) is 5.56 Å². The largest absolute Gasteiger partial charge is 0.493 e. The molecule has 0 N–H and O–H groups in total. The monoisotopic (exact) mass is 368 g/mol. The molecule has 0 atom stereocenters. The normalized spacial score (nSPS) is 12.6. The zero-order chi connectivity index (χ0) is 19.2. The number of fused-ring (bicyclic) bond motifs is 1. The van der Waals surface area contributed by atoms with Gasteiger partial charge in [0.25, 0.3) is 0 Å². The Kier molecular flexibility index (Phi) is 6.01. The van der Waals surface area contributed by atoms with Crippen LogP contribution in [0.25, 0.3) is 6.08 Å². The van der Waals surface area contributed by atoms with Crippen LogP contribution in [0.15, 0.2) is 42.5 Å². The summed E-state index contributed by atoms with van der Waals surface area (Å²) >= 11 is 0. The molecule has 5 nitrogen and oxygen atoms in total. The Morgan fingerprint density at radius 1 is 1.11 bits per heavy atom. The molecule has 0 aromatic heterocycles. The van der Waals surface area contributed by atoms with Crippen LogP contribution in [-0.4, -0.2) is 26.3 Å². The highest BCUT2D eigenvalue weighted by Crippen LogP contribution is 2.33. The lowest BCUT2D eigenvalue weighted by Gasteiger charge is -2.12. The fraction of sp³-hybridized carbons (Fsp3) is 0.318. The van der Waals surface area contributed by atoms with Gasteiger partial charge >= 0.3 is 0 Å². The van der Waals surface area contributed by atoms with Gasteiger partial charge in [-0.15, -0.1) is 0 Å². The van der Waals surface area contributed by atoms with Crippen LogP contribution >= 0.6 is 0 Å². The zero-order valence-corrected chi connectivity index (χ0v) is 15.9. The fourth-order valence-electron chi connectivity index (χ4n) is 2.63. The summed E-state index contributed by atoms with van der Waals surface area (Å²) in [5, 5.41) is 0. The summed E-state index contributed by atoms with van der Waals surface area (Å²) in [5.74, 6) is 3.09. The molecule has 0 fully saturated rings. The summed E-state index contributed by atoms with van der Waals surface area (Å²) in [4.78, 5) is 12.4. The number of allylic oxidation sites excluding steroid dienone is 1. The van der Waals surface area contributed by atoms with E-state index in [-0.39, 0.29) is 12.6 Å². The van der Waals surface area contributed by atoms with E-state index >= 15 is 0 Å². The van der Waals surface area contributed by atoms with E-state index in [9.17, 15) is 4.79 Å². The first kappa shape index (κ1) is 18.8. The molecule has 1 aliphatic rings. The third kappa shape index (κ3) is 4.82. The Hall–Kier alpha value is -2.95. The van der Waals surface area contributed by atoms with Gasteiger partial charge in [0.1, 0.15) is 0 Å². The van der Waals surface area contributed by atoms with E-state index in [0.717, 1.165) is 12.0 Å². The lowest BCUT2D eigenvalue weighted by atomic mass is 10.1. The summed E-state index contributed by atoms with van der Waals surface area (Å²) in [6.45, 7) is 5.15. The third-order valence-electron chi connectivity index (χ3n) is 4.22. The van der Waals surface area contributed by atoms with Crippen molar-refractivity contribution in [2.75, 3.05) is 20.5 Å². The van der Waals surface area contributed by atoms with Crippen LogP contribution in [0.5, 0.6) is 23.0 Å². The van der Waals surface area contributed by atoms with E-state index in [4.69, 9.17) is 18.9 Å². The number of benzene rings is 2. The van der Waals surface area contributed by atoms with E-state index < -0.39 is 0 Å². The molecule has 142 valence electrons. The number of hydrogen-bond acceptors (Lipinski definition) is 5. The van der Waals surface area contributed by atoms with Gasteiger partial charge in [0.2, 0.25) is 6.79 Å². The minimum atomic E-state index is -0.107. The lowest BCUT2D eigenvalue weighted by molar-refractivity contribution is 0.104. The SMILES string of the molecule is COc1cc(/C=C/C(=O)c2ccc3c(c2)OCO3)ccc1OCCC(C)C. The first-order valence-electron chi connectivity index (χ1n) is 8.99. The van der Waals surface area contributed by atoms with Crippen LogP contribution in [0.4, 0.5) is 0 Å². The number of rotatable bonds is 8. The maximum absolute atomic E-state index is 12.4. The summed E-state index contributed by atoms with van der Waals surface area (Å²) < 4.78 is 21.8. The predicted molar refractivity (Wildman–Crippen MR) is 104 cm³/mol. The number of methoxy groups -OCH3 is 1. The van der Waals surface area contributed by atoms with Crippen LogP contribution in [0.2, 0.25) is 0 Å². The third-order valence-corrected chi connectivity index (χ3v) is 4.22. The molecular weight excluding hydrogens is 344 g/mol. The number of carbonyl (C=O) groups excluding carboxylic acids is 1. The van der Waals surface area contributed by atoms with Crippen LogP contribution in [0.1, 0.15) is 36.2 Å². The minimum Gasteiger partial charge on any atom is -0.493 e. The standard InChI is InChI=1S/C22H24O5/c1-15(2)10-11-25-19-8-5-16(12-21(19)24-3)4-7-18(23)17-6-9-20-22(13-17)27-14-26-20/h4-9,12-13,15H,10-11,14H2,1-3H3/b7-4+. The van der Waals surface area contributed by atoms with E-state index in [1.807, 2.05) is 18.2 Å². The molecule has 2 aromatic rings. The topological polar surface area (TPSA) is 54.0 Å². The van der Waals surface area contributed by atoms with Gasteiger partial charge in [-0.1, -0.05) is 26.0 Å². The second-order valence-corrected chi connectivity index (χ2v) is 6.71. The second-order valence-electron chi connectivity index (χ2n) is 6.71. The molecule has 3 rings (SSSR count). The van der Waals surface area contributed by atoms with Crippen LogP contribution in [0, 0.1) is 5.92 Å². The molecule has 0 spiro atoms. The van der Waals surface area contributed by atoms with Crippen molar-refractivity contribution in [2.45, 2.75) is 20.3 Å².